The minimum absolute atomic E-state index is 0.168. The van der Waals surface area contributed by atoms with Gasteiger partial charge in [-0.3, -0.25) is 4.72 Å². The van der Waals surface area contributed by atoms with E-state index >= 15 is 0 Å². The average molecular weight is 322 g/mol. The molecule has 0 bridgehead atoms. The summed E-state index contributed by atoms with van der Waals surface area (Å²) in [6, 6.07) is 12.1. The molecule has 0 radical (unpaired) electrons. The zero-order valence-electron chi connectivity index (χ0n) is 12.0. The van der Waals surface area contributed by atoms with Crippen molar-refractivity contribution < 1.29 is 8.42 Å². The van der Waals surface area contributed by atoms with Crippen molar-refractivity contribution in [2.75, 3.05) is 16.2 Å². The maximum absolute atomic E-state index is 12.4. The number of para-hydroxylation sites is 1. The van der Waals surface area contributed by atoms with Gasteiger partial charge in [-0.25, -0.2) is 8.42 Å². The smallest absolute Gasteiger partial charge is 0.262 e. The van der Waals surface area contributed by atoms with Crippen molar-refractivity contribution >= 4 is 33.2 Å². The van der Waals surface area contributed by atoms with E-state index in [4.69, 9.17) is 5.73 Å². The van der Waals surface area contributed by atoms with Crippen LogP contribution in [-0.4, -0.2) is 14.2 Å². The number of nitrogen functional groups attached to an aromatic ring is 1. The summed E-state index contributed by atoms with van der Waals surface area (Å²) in [6.45, 7) is 3.86. The Hall–Kier alpha value is -1.66. The second-order valence-electron chi connectivity index (χ2n) is 4.55. The molecule has 3 N–H and O–H groups in total. The molecule has 0 aliphatic carbocycles. The Morgan fingerprint density at radius 1 is 1.19 bits per heavy atom. The molecule has 0 aromatic heterocycles. The standard InChI is InChI=1S/C15H18N2O2S2/c1-3-20-15-7-5-4-6-14(15)17-21(18,19)12-9-8-11(2)13(16)10-12/h4-10,17H,3,16H2,1-2H3. The van der Waals surface area contributed by atoms with Crippen LogP contribution in [0.15, 0.2) is 52.3 Å². The van der Waals surface area contributed by atoms with Gasteiger partial charge in [-0.1, -0.05) is 25.1 Å². The Bertz CT molecular complexity index is 743. The van der Waals surface area contributed by atoms with Crippen LogP contribution in [0.4, 0.5) is 11.4 Å². The monoisotopic (exact) mass is 322 g/mol. The molecule has 0 spiro atoms. The highest BCUT2D eigenvalue weighted by Gasteiger charge is 2.16. The second-order valence-corrected chi connectivity index (χ2v) is 7.54. The van der Waals surface area contributed by atoms with Crippen molar-refractivity contribution in [3.63, 3.8) is 0 Å². The van der Waals surface area contributed by atoms with Gasteiger partial charge in [0.05, 0.1) is 10.6 Å². The fourth-order valence-corrected chi connectivity index (χ4v) is 3.76. The molecule has 0 saturated carbocycles. The van der Waals surface area contributed by atoms with E-state index in [9.17, 15) is 8.42 Å². The molecule has 0 heterocycles. The summed E-state index contributed by atoms with van der Waals surface area (Å²) in [5.74, 6) is 0.871. The van der Waals surface area contributed by atoms with Gasteiger partial charge in [0.15, 0.2) is 0 Å². The summed E-state index contributed by atoms with van der Waals surface area (Å²) in [4.78, 5) is 1.07. The van der Waals surface area contributed by atoms with Gasteiger partial charge in [0.25, 0.3) is 10.0 Å². The number of benzene rings is 2. The first kappa shape index (κ1) is 15.7. The number of hydrogen-bond donors (Lipinski definition) is 2. The fraction of sp³-hybridized carbons (Fsp3) is 0.200. The first-order valence-corrected chi connectivity index (χ1v) is 9.01. The van der Waals surface area contributed by atoms with Crippen LogP contribution in [0.5, 0.6) is 0 Å². The lowest BCUT2D eigenvalue weighted by Gasteiger charge is -2.12. The Morgan fingerprint density at radius 3 is 2.57 bits per heavy atom. The first-order valence-electron chi connectivity index (χ1n) is 6.55. The van der Waals surface area contributed by atoms with Gasteiger partial charge < -0.3 is 5.73 Å². The zero-order chi connectivity index (χ0) is 15.5. The van der Waals surface area contributed by atoms with E-state index in [2.05, 4.69) is 4.72 Å². The molecule has 0 fully saturated rings. The third-order valence-electron chi connectivity index (χ3n) is 2.99. The van der Waals surface area contributed by atoms with Crippen molar-refractivity contribution in [2.24, 2.45) is 0 Å². The van der Waals surface area contributed by atoms with Gasteiger partial charge in [-0.15, -0.1) is 11.8 Å². The van der Waals surface area contributed by atoms with Gasteiger partial charge in [0.2, 0.25) is 0 Å². The quantitative estimate of drug-likeness (QED) is 0.653. The number of thioether (sulfide) groups is 1. The molecule has 0 aliphatic rings. The maximum Gasteiger partial charge on any atom is 0.262 e. The van der Waals surface area contributed by atoms with Gasteiger partial charge in [0, 0.05) is 10.6 Å². The molecule has 21 heavy (non-hydrogen) atoms. The number of nitrogens with one attached hydrogen (secondary N) is 1. The highest BCUT2D eigenvalue weighted by Crippen LogP contribution is 2.29. The van der Waals surface area contributed by atoms with Crippen LogP contribution in [-0.2, 0) is 10.0 Å². The molecule has 0 unspecified atom stereocenters. The van der Waals surface area contributed by atoms with Crippen molar-refractivity contribution in [3.8, 4) is 0 Å². The van der Waals surface area contributed by atoms with Gasteiger partial charge in [0.1, 0.15) is 0 Å². The van der Waals surface area contributed by atoms with Crippen LogP contribution < -0.4 is 10.5 Å². The Labute approximate surface area is 129 Å². The minimum atomic E-state index is -3.64. The largest absolute Gasteiger partial charge is 0.398 e. The molecule has 0 aliphatic heterocycles. The Morgan fingerprint density at radius 2 is 1.90 bits per heavy atom. The van der Waals surface area contributed by atoms with E-state index in [1.165, 1.54) is 6.07 Å². The van der Waals surface area contributed by atoms with Crippen LogP contribution in [0.3, 0.4) is 0 Å². The lowest BCUT2D eigenvalue weighted by Crippen LogP contribution is -2.14. The molecule has 2 rings (SSSR count). The highest BCUT2D eigenvalue weighted by molar-refractivity contribution is 7.99. The average Bonchev–Trinajstić information content (AvgIpc) is 2.44. The SMILES string of the molecule is CCSc1ccccc1NS(=O)(=O)c1ccc(C)c(N)c1. The van der Waals surface area contributed by atoms with Crippen LogP contribution in [0.1, 0.15) is 12.5 Å². The fourth-order valence-electron chi connectivity index (χ4n) is 1.82. The zero-order valence-corrected chi connectivity index (χ0v) is 13.6. The summed E-state index contributed by atoms with van der Waals surface area (Å²) in [6.07, 6.45) is 0. The van der Waals surface area contributed by atoms with Gasteiger partial charge in [-0.05, 0) is 42.5 Å². The van der Waals surface area contributed by atoms with Gasteiger partial charge in [-0.2, -0.15) is 0 Å². The lowest BCUT2D eigenvalue weighted by atomic mass is 10.2. The summed E-state index contributed by atoms with van der Waals surface area (Å²) in [7, 11) is -3.64. The van der Waals surface area contributed by atoms with Gasteiger partial charge >= 0.3 is 0 Å². The molecule has 0 atom stereocenters. The number of aryl methyl sites for hydroxylation is 1. The van der Waals surface area contributed by atoms with Crippen LogP contribution >= 0.6 is 11.8 Å². The van der Waals surface area contributed by atoms with Crippen LogP contribution in [0.2, 0.25) is 0 Å². The van der Waals surface area contributed by atoms with E-state index in [1.54, 1.807) is 36.0 Å². The van der Waals surface area contributed by atoms with E-state index < -0.39 is 10.0 Å². The minimum Gasteiger partial charge on any atom is -0.398 e. The van der Waals surface area contributed by atoms with Crippen LogP contribution in [0.25, 0.3) is 0 Å². The van der Waals surface area contributed by atoms with E-state index in [1.807, 2.05) is 26.0 Å². The Balaban J connectivity index is 2.35. The normalized spacial score (nSPS) is 11.3. The lowest BCUT2D eigenvalue weighted by molar-refractivity contribution is 0.601. The molecule has 2 aromatic carbocycles. The molecular weight excluding hydrogens is 304 g/mol. The molecule has 0 amide bonds. The topological polar surface area (TPSA) is 72.2 Å². The first-order chi connectivity index (χ1) is 9.94. The predicted molar refractivity (Wildman–Crippen MR) is 89.2 cm³/mol. The summed E-state index contributed by atoms with van der Waals surface area (Å²) < 4.78 is 27.5. The van der Waals surface area contributed by atoms with Crippen molar-refractivity contribution in [1.29, 1.82) is 0 Å². The second kappa shape index (κ2) is 6.41. The number of anilines is 2. The molecule has 112 valence electrons. The summed E-state index contributed by atoms with van der Waals surface area (Å²) in [5, 5.41) is 0. The molecular formula is C15H18N2O2S2. The van der Waals surface area contributed by atoms with Crippen molar-refractivity contribution in [2.45, 2.75) is 23.6 Å². The van der Waals surface area contributed by atoms with Crippen LogP contribution in [0, 0.1) is 6.92 Å². The third-order valence-corrected chi connectivity index (χ3v) is 5.31. The summed E-state index contributed by atoms with van der Waals surface area (Å²) >= 11 is 1.59. The molecule has 2 aromatic rings. The van der Waals surface area contributed by atoms with E-state index in [0.29, 0.717) is 11.4 Å². The number of sulfonamides is 1. The highest BCUT2D eigenvalue weighted by atomic mass is 32.2. The van der Waals surface area contributed by atoms with Crippen molar-refractivity contribution in [1.82, 2.24) is 0 Å². The summed E-state index contributed by atoms with van der Waals surface area (Å²) in [5.41, 5.74) is 7.70. The number of nitrogens with two attached hydrogens (primary N) is 1. The van der Waals surface area contributed by atoms with E-state index in [0.717, 1.165) is 16.2 Å². The molecule has 0 saturated heterocycles. The number of rotatable bonds is 5. The van der Waals surface area contributed by atoms with E-state index in [-0.39, 0.29) is 4.90 Å². The predicted octanol–water partition coefficient (Wildman–Crippen LogP) is 3.49. The Kier molecular flexibility index (Phi) is 4.80. The molecule has 6 heteroatoms. The van der Waals surface area contributed by atoms with Crippen molar-refractivity contribution in [3.05, 3.63) is 48.0 Å². The third kappa shape index (κ3) is 3.71. The number of hydrogen-bond acceptors (Lipinski definition) is 4. The molecule has 4 nitrogen and oxygen atoms in total. The maximum atomic E-state index is 12.4.